The first-order chi connectivity index (χ1) is 7.27. The maximum Gasteiger partial charge on any atom is 0.223 e. The Balaban J connectivity index is 2.02. The van der Waals surface area contributed by atoms with E-state index in [4.69, 9.17) is 0 Å². The Morgan fingerprint density at radius 1 is 1.47 bits per heavy atom. The predicted octanol–water partition coefficient (Wildman–Crippen LogP) is 2.87. The molecule has 2 aliphatic rings. The summed E-state index contributed by atoms with van der Waals surface area (Å²) in [7, 11) is 0. The Morgan fingerprint density at radius 2 is 2.33 bits per heavy atom. The van der Waals surface area contributed by atoms with Crippen molar-refractivity contribution in [2.75, 3.05) is 6.54 Å². The molecule has 0 fully saturated rings. The Morgan fingerprint density at radius 3 is 3.00 bits per heavy atom. The molecular weight excluding hydrogens is 186 g/mol. The molecule has 0 N–H and O–H groups in total. The van der Waals surface area contributed by atoms with E-state index in [1.54, 1.807) is 12.5 Å². The first kappa shape index (κ1) is 10.5. The molecule has 1 aliphatic heterocycles. The maximum atomic E-state index is 11.3. The molecule has 2 rings (SSSR count). The molecular formula is C13H19NO. The van der Waals surface area contributed by atoms with Gasteiger partial charge in [0.25, 0.3) is 0 Å². The van der Waals surface area contributed by atoms with Crippen LogP contribution in [-0.2, 0) is 4.79 Å². The normalized spacial score (nSPS) is 26.3. The molecule has 1 atom stereocenters. The second kappa shape index (κ2) is 4.65. The number of rotatable bonds is 1. The smallest absolute Gasteiger partial charge is 0.223 e. The number of amides is 1. The minimum absolute atomic E-state index is 0.160. The zero-order chi connectivity index (χ0) is 10.7. The van der Waals surface area contributed by atoms with E-state index in [0.717, 1.165) is 13.0 Å². The zero-order valence-corrected chi connectivity index (χ0v) is 9.41. The van der Waals surface area contributed by atoms with Crippen LogP contribution in [0.4, 0.5) is 0 Å². The van der Waals surface area contributed by atoms with Crippen molar-refractivity contribution in [3.8, 4) is 0 Å². The summed E-state index contributed by atoms with van der Waals surface area (Å²) in [5, 5.41) is 0. The lowest BCUT2D eigenvalue weighted by atomic mass is 9.86. The summed E-state index contributed by atoms with van der Waals surface area (Å²) in [4.78, 5) is 13.1. The van der Waals surface area contributed by atoms with Crippen LogP contribution in [0.25, 0.3) is 0 Å². The third-order valence-corrected chi connectivity index (χ3v) is 3.38. The highest BCUT2D eigenvalue weighted by Crippen LogP contribution is 2.29. The Labute approximate surface area is 91.6 Å². The van der Waals surface area contributed by atoms with Crippen molar-refractivity contribution in [1.82, 2.24) is 4.90 Å². The molecule has 2 nitrogen and oxygen atoms in total. The van der Waals surface area contributed by atoms with E-state index in [9.17, 15) is 4.79 Å². The van der Waals surface area contributed by atoms with E-state index in [1.807, 2.05) is 11.1 Å². The van der Waals surface area contributed by atoms with E-state index in [-0.39, 0.29) is 5.91 Å². The van der Waals surface area contributed by atoms with E-state index in [0.29, 0.717) is 5.92 Å². The minimum Gasteiger partial charge on any atom is -0.319 e. The van der Waals surface area contributed by atoms with Gasteiger partial charge in [-0.25, -0.2) is 0 Å². The van der Waals surface area contributed by atoms with Crippen molar-refractivity contribution in [2.24, 2.45) is 5.92 Å². The van der Waals surface area contributed by atoms with Gasteiger partial charge in [0.1, 0.15) is 0 Å². The average Bonchev–Trinajstić information content (AvgIpc) is 2.30. The van der Waals surface area contributed by atoms with Gasteiger partial charge in [0.15, 0.2) is 0 Å². The van der Waals surface area contributed by atoms with Crippen LogP contribution in [0.15, 0.2) is 23.9 Å². The summed E-state index contributed by atoms with van der Waals surface area (Å²) in [6.07, 6.45) is 12.7. The van der Waals surface area contributed by atoms with Gasteiger partial charge >= 0.3 is 0 Å². The first-order valence-electron chi connectivity index (χ1n) is 5.90. The summed E-state index contributed by atoms with van der Waals surface area (Å²) < 4.78 is 0. The highest BCUT2D eigenvalue weighted by Gasteiger charge is 2.21. The number of carbonyl (C=O) groups excluding carboxylic acids is 1. The van der Waals surface area contributed by atoms with Crippen molar-refractivity contribution in [3.63, 3.8) is 0 Å². The van der Waals surface area contributed by atoms with Crippen LogP contribution in [0.3, 0.4) is 0 Å². The molecule has 0 saturated carbocycles. The van der Waals surface area contributed by atoms with Gasteiger partial charge in [0.05, 0.1) is 0 Å². The van der Waals surface area contributed by atoms with Crippen molar-refractivity contribution in [1.29, 1.82) is 0 Å². The Bertz CT molecular complexity index is 304. The number of carbonyl (C=O) groups is 1. The lowest BCUT2D eigenvalue weighted by Crippen LogP contribution is -2.32. The first-order valence-corrected chi connectivity index (χ1v) is 5.90. The fraction of sp³-hybridized carbons (Fsp3) is 0.615. The van der Waals surface area contributed by atoms with Crippen molar-refractivity contribution in [3.05, 3.63) is 23.9 Å². The molecule has 0 bridgehead atoms. The van der Waals surface area contributed by atoms with Crippen LogP contribution >= 0.6 is 0 Å². The molecule has 0 aromatic carbocycles. The lowest BCUT2D eigenvalue weighted by Gasteiger charge is -2.30. The molecule has 1 heterocycles. The van der Waals surface area contributed by atoms with Gasteiger partial charge in [-0.3, -0.25) is 4.79 Å². The second-order valence-corrected chi connectivity index (χ2v) is 4.51. The van der Waals surface area contributed by atoms with Gasteiger partial charge in [0, 0.05) is 25.6 Å². The third kappa shape index (κ3) is 2.49. The van der Waals surface area contributed by atoms with Crippen LogP contribution in [0, 0.1) is 5.92 Å². The maximum absolute atomic E-state index is 11.3. The van der Waals surface area contributed by atoms with E-state index < -0.39 is 0 Å². The molecule has 15 heavy (non-hydrogen) atoms. The number of hydrogen-bond acceptors (Lipinski definition) is 1. The zero-order valence-electron chi connectivity index (χ0n) is 9.41. The Kier molecular flexibility index (Phi) is 3.24. The molecule has 0 radical (unpaired) electrons. The predicted molar refractivity (Wildman–Crippen MR) is 61.2 cm³/mol. The fourth-order valence-electron chi connectivity index (χ4n) is 2.46. The van der Waals surface area contributed by atoms with Crippen LogP contribution in [0.2, 0.25) is 0 Å². The molecule has 0 aromatic rings. The Hall–Kier alpha value is -1.05. The summed E-state index contributed by atoms with van der Waals surface area (Å²) >= 11 is 0. The SMILES string of the molecule is CC(=O)N1C=CC[C@@H](C2=CCCCC2)C1. The van der Waals surface area contributed by atoms with Crippen LogP contribution < -0.4 is 0 Å². The van der Waals surface area contributed by atoms with Gasteiger partial charge in [0.2, 0.25) is 5.91 Å². The monoisotopic (exact) mass is 205 g/mol. The van der Waals surface area contributed by atoms with Crippen LogP contribution in [0.5, 0.6) is 0 Å². The summed E-state index contributed by atoms with van der Waals surface area (Å²) in [6.45, 7) is 2.53. The average molecular weight is 205 g/mol. The fourth-order valence-corrected chi connectivity index (χ4v) is 2.46. The van der Waals surface area contributed by atoms with Gasteiger partial charge in [-0.1, -0.05) is 17.7 Å². The van der Waals surface area contributed by atoms with Gasteiger partial charge in [-0.2, -0.15) is 0 Å². The summed E-state index contributed by atoms with van der Waals surface area (Å²) in [5.74, 6) is 0.742. The quantitative estimate of drug-likeness (QED) is 0.603. The summed E-state index contributed by atoms with van der Waals surface area (Å²) in [6, 6.07) is 0. The highest BCUT2D eigenvalue weighted by molar-refractivity contribution is 5.74. The third-order valence-electron chi connectivity index (χ3n) is 3.38. The van der Waals surface area contributed by atoms with Crippen molar-refractivity contribution < 1.29 is 4.79 Å². The molecule has 1 aliphatic carbocycles. The minimum atomic E-state index is 0.160. The van der Waals surface area contributed by atoms with Crippen LogP contribution in [0.1, 0.15) is 39.0 Å². The molecule has 0 unspecified atom stereocenters. The van der Waals surface area contributed by atoms with Gasteiger partial charge in [-0.05, 0) is 32.1 Å². The highest BCUT2D eigenvalue weighted by atomic mass is 16.2. The molecule has 82 valence electrons. The van der Waals surface area contributed by atoms with Crippen molar-refractivity contribution in [2.45, 2.75) is 39.0 Å². The second-order valence-electron chi connectivity index (χ2n) is 4.51. The van der Waals surface area contributed by atoms with Gasteiger partial charge < -0.3 is 4.90 Å². The number of allylic oxidation sites excluding steroid dienone is 2. The topological polar surface area (TPSA) is 20.3 Å². The van der Waals surface area contributed by atoms with Gasteiger partial charge in [-0.15, -0.1) is 0 Å². The molecule has 1 amide bonds. The molecule has 0 spiro atoms. The largest absolute Gasteiger partial charge is 0.319 e. The number of hydrogen-bond donors (Lipinski definition) is 0. The number of nitrogens with zero attached hydrogens (tertiary/aromatic N) is 1. The standard InChI is InChI=1S/C13H19NO/c1-11(15)14-9-5-8-13(10-14)12-6-3-2-4-7-12/h5-6,9,13H,2-4,7-8,10H2,1H3/t13-/m1/s1. The van der Waals surface area contributed by atoms with Crippen LogP contribution in [-0.4, -0.2) is 17.4 Å². The molecule has 0 saturated heterocycles. The van der Waals surface area contributed by atoms with E-state index in [1.165, 1.54) is 25.7 Å². The van der Waals surface area contributed by atoms with E-state index >= 15 is 0 Å². The molecule has 2 heteroatoms. The van der Waals surface area contributed by atoms with Crippen molar-refractivity contribution >= 4 is 5.91 Å². The summed E-state index contributed by atoms with van der Waals surface area (Å²) in [5.41, 5.74) is 1.58. The van der Waals surface area contributed by atoms with E-state index in [2.05, 4.69) is 12.2 Å². The lowest BCUT2D eigenvalue weighted by molar-refractivity contribution is -0.126. The molecule has 0 aromatic heterocycles.